The molecule has 0 radical (unpaired) electrons. The molecule has 6 heteroatoms. The average Bonchev–Trinajstić information content (AvgIpc) is 2.62. The SMILES string of the molecule is Cc1ccc(NC(=O)Cn2c(C)nc(-c3ccccc3)cc2=O)cc1Cl. The van der Waals surface area contributed by atoms with Gasteiger partial charge in [-0.15, -0.1) is 0 Å². The van der Waals surface area contributed by atoms with Crippen molar-refractivity contribution in [3.05, 3.63) is 81.4 Å². The first-order chi connectivity index (χ1) is 12.4. The predicted molar refractivity (Wildman–Crippen MR) is 103 cm³/mol. The molecule has 0 aliphatic heterocycles. The fraction of sp³-hybridized carbons (Fsp3) is 0.150. The Morgan fingerprint density at radius 1 is 1.12 bits per heavy atom. The zero-order valence-electron chi connectivity index (χ0n) is 14.5. The van der Waals surface area contributed by atoms with E-state index in [0.717, 1.165) is 11.1 Å². The summed E-state index contributed by atoms with van der Waals surface area (Å²) in [6.07, 6.45) is 0. The van der Waals surface area contributed by atoms with Crippen LogP contribution in [0.4, 0.5) is 5.69 Å². The van der Waals surface area contributed by atoms with E-state index in [4.69, 9.17) is 11.6 Å². The first kappa shape index (κ1) is 17.9. The van der Waals surface area contributed by atoms with Gasteiger partial charge in [0.2, 0.25) is 5.91 Å². The zero-order chi connectivity index (χ0) is 18.7. The molecule has 5 nitrogen and oxygen atoms in total. The summed E-state index contributed by atoms with van der Waals surface area (Å²) in [5, 5.41) is 3.32. The normalized spacial score (nSPS) is 10.6. The van der Waals surface area contributed by atoms with Gasteiger partial charge >= 0.3 is 0 Å². The molecule has 3 rings (SSSR count). The van der Waals surface area contributed by atoms with E-state index in [1.165, 1.54) is 10.6 Å². The topological polar surface area (TPSA) is 64.0 Å². The standard InChI is InChI=1S/C20H18ClN3O2/c1-13-8-9-16(10-17(13)21)23-19(25)12-24-14(2)22-18(11-20(24)26)15-6-4-3-5-7-15/h3-11H,12H2,1-2H3,(H,23,25). The number of aryl methyl sites for hydroxylation is 2. The molecular formula is C20H18ClN3O2. The number of rotatable bonds is 4. The van der Waals surface area contributed by atoms with Gasteiger partial charge in [-0.2, -0.15) is 0 Å². The molecule has 0 aliphatic carbocycles. The average molecular weight is 368 g/mol. The lowest BCUT2D eigenvalue weighted by Crippen LogP contribution is -2.29. The summed E-state index contributed by atoms with van der Waals surface area (Å²) in [6, 6.07) is 16.2. The van der Waals surface area contributed by atoms with E-state index in [1.54, 1.807) is 19.1 Å². The second-order valence-corrected chi connectivity index (χ2v) is 6.40. The van der Waals surface area contributed by atoms with Gasteiger partial charge in [-0.25, -0.2) is 4.98 Å². The molecular weight excluding hydrogens is 350 g/mol. The molecule has 132 valence electrons. The molecule has 0 atom stereocenters. The molecule has 0 fully saturated rings. The summed E-state index contributed by atoms with van der Waals surface area (Å²) in [6.45, 7) is 3.49. The van der Waals surface area contributed by atoms with Crippen molar-refractivity contribution in [1.29, 1.82) is 0 Å². The van der Waals surface area contributed by atoms with Gasteiger partial charge in [0.05, 0.1) is 5.69 Å². The first-order valence-electron chi connectivity index (χ1n) is 8.14. The molecule has 1 N–H and O–H groups in total. The maximum atomic E-state index is 12.4. The third-order valence-electron chi connectivity index (χ3n) is 4.03. The molecule has 0 saturated carbocycles. The van der Waals surface area contributed by atoms with E-state index < -0.39 is 0 Å². The third-order valence-corrected chi connectivity index (χ3v) is 4.43. The lowest BCUT2D eigenvalue weighted by Gasteiger charge is -2.12. The number of hydrogen-bond donors (Lipinski definition) is 1. The number of aromatic nitrogens is 2. The lowest BCUT2D eigenvalue weighted by molar-refractivity contribution is -0.116. The van der Waals surface area contributed by atoms with Crippen LogP contribution in [0.25, 0.3) is 11.3 Å². The summed E-state index contributed by atoms with van der Waals surface area (Å²) >= 11 is 6.07. The smallest absolute Gasteiger partial charge is 0.254 e. The Labute approximate surface area is 156 Å². The second kappa shape index (κ2) is 7.54. The largest absolute Gasteiger partial charge is 0.324 e. The summed E-state index contributed by atoms with van der Waals surface area (Å²) in [5.74, 6) is 0.165. The number of hydrogen-bond acceptors (Lipinski definition) is 3. The Morgan fingerprint density at radius 3 is 2.50 bits per heavy atom. The van der Waals surface area contributed by atoms with Crippen LogP contribution in [0.1, 0.15) is 11.4 Å². The Balaban J connectivity index is 1.80. The van der Waals surface area contributed by atoms with Gasteiger partial charge in [0, 0.05) is 22.3 Å². The van der Waals surface area contributed by atoms with Crippen molar-refractivity contribution in [1.82, 2.24) is 9.55 Å². The van der Waals surface area contributed by atoms with Gasteiger partial charge in [-0.1, -0.05) is 48.0 Å². The fourth-order valence-corrected chi connectivity index (χ4v) is 2.77. The van der Waals surface area contributed by atoms with Crippen LogP contribution in [0.15, 0.2) is 59.4 Å². The Kier molecular flexibility index (Phi) is 5.19. The highest BCUT2D eigenvalue weighted by Gasteiger charge is 2.11. The highest BCUT2D eigenvalue weighted by atomic mass is 35.5. The van der Waals surface area contributed by atoms with E-state index in [0.29, 0.717) is 22.2 Å². The van der Waals surface area contributed by atoms with Gasteiger partial charge in [-0.3, -0.25) is 14.2 Å². The summed E-state index contributed by atoms with van der Waals surface area (Å²) in [5.41, 5.74) is 2.70. The quantitative estimate of drug-likeness (QED) is 0.762. The maximum Gasteiger partial charge on any atom is 0.254 e. The number of carbonyl (C=O) groups is 1. The van der Waals surface area contributed by atoms with Crippen LogP contribution in [-0.4, -0.2) is 15.5 Å². The molecule has 2 aromatic carbocycles. The van der Waals surface area contributed by atoms with Gasteiger partial charge < -0.3 is 5.32 Å². The number of nitrogens with one attached hydrogen (secondary N) is 1. The van der Waals surface area contributed by atoms with Crippen LogP contribution < -0.4 is 10.9 Å². The summed E-state index contributed by atoms with van der Waals surface area (Å²) < 4.78 is 1.34. The Morgan fingerprint density at radius 2 is 1.85 bits per heavy atom. The Hall–Kier alpha value is -2.92. The molecule has 0 bridgehead atoms. The molecule has 0 aliphatic rings. The van der Waals surface area contributed by atoms with Crippen molar-refractivity contribution in [3.8, 4) is 11.3 Å². The minimum absolute atomic E-state index is 0.113. The van der Waals surface area contributed by atoms with Gasteiger partial charge in [0.15, 0.2) is 0 Å². The van der Waals surface area contributed by atoms with E-state index in [-0.39, 0.29) is 18.0 Å². The van der Waals surface area contributed by atoms with Crippen molar-refractivity contribution < 1.29 is 4.79 Å². The van der Waals surface area contributed by atoms with Gasteiger partial charge in [0.25, 0.3) is 5.56 Å². The van der Waals surface area contributed by atoms with E-state index in [2.05, 4.69) is 10.3 Å². The first-order valence-corrected chi connectivity index (χ1v) is 8.52. The van der Waals surface area contributed by atoms with Gasteiger partial charge in [-0.05, 0) is 31.5 Å². The zero-order valence-corrected chi connectivity index (χ0v) is 15.2. The number of carbonyl (C=O) groups excluding carboxylic acids is 1. The van der Waals surface area contributed by atoms with Crippen LogP contribution in [0.2, 0.25) is 5.02 Å². The summed E-state index contributed by atoms with van der Waals surface area (Å²) in [7, 11) is 0. The number of amides is 1. The highest BCUT2D eigenvalue weighted by molar-refractivity contribution is 6.31. The van der Waals surface area contributed by atoms with Crippen molar-refractivity contribution in [3.63, 3.8) is 0 Å². The van der Waals surface area contributed by atoms with E-state index in [1.807, 2.05) is 43.3 Å². The number of benzene rings is 2. The van der Waals surface area contributed by atoms with Crippen LogP contribution in [0, 0.1) is 13.8 Å². The molecule has 1 amide bonds. The van der Waals surface area contributed by atoms with Crippen LogP contribution in [0.5, 0.6) is 0 Å². The van der Waals surface area contributed by atoms with Crippen molar-refractivity contribution in [2.24, 2.45) is 0 Å². The minimum Gasteiger partial charge on any atom is -0.324 e. The lowest BCUT2D eigenvalue weighted by atomic mass is 10.1. The third kappa shape index (κ3) is 4.00. The van der Waals surface area contributed by atoms with Crippen LogP contribution in [-0.2, 0) is 11.3 Å². The number of nitrogens with zero attached hydrogens (tertiary/aromatic N) is 2. The van der Waals surface area contributed by atoms with Crippen LogP contribution >= 0.6 is 11.6 Å². The monoisotopic (exact) mass is 367 g/mol. The number of halogens is 1. The van der Waals surface area contributed by atoms with E-state index >= 15 is 0 Å². The molecule has 1 aromatic heterocycles. The molecule has 0 spiro atoms. The molecule has 3 aromatic rings. The summed E-state index contributed by atoms with van der Waals surface area (Å²) in [4.78, 5) is 29.2. The second-order valence-electron chi connectivity index (χ2n) is 5.99. The molecule has 0 unspecified atom stereocenters. The van der Waals surface area contributed by atoms with E-state index in [9.17, 15) is 9.59 Å². The molecule has 0 saturated heterocycles. The number of anilines is 1. The predicted octanol–water partition coefficient (Wildman–Crippen LogP) is 3.82. The van der Waals surface area contributed by atoms with Crippen molar-refractivity contribution in [2.75, 3.05) is 5.32 Å². The molecule has 26 heavy (non-hydrogen) atoms. The molecule has 1 heterocycles. The minimum atomic E-state index is -0.315. The maximum absolute atomic E-state index is 12.4. The highest BCUT2D eigenvalue weighted by Crippen LogP contribution is 2.20. The van der Waals surface area contributed by atoms with Crippen LogP contribution in [0.3, 0.4) is 0 Å². The van der Waals surface area contributed by atoms with Gasteiger partial charge in [0.1, 0.15) is 12.4 Å². The van der Waals surface area contributed by atoms with Crippen molar-refractivity contribution in [2.45, 2.75) is 20.4 Å². The van der Waals surface area contributed by atoms with Crippen molar-refractivity contribution >= 4 is 23.2 Å². The Bertz CT molecular complexity index is 1010. The fourth-order valence-electron chi connectivity index (χ4n) is 2.59.